The molecule has 0 heterocycles. The fourth-order valence-electron chi connectivity index (χ4n) is 1.56. The number of hydrogen-bond acceptors (Lipinski definition) is 4. The van der Waals surface area contributed by atoms with E-state index >= 15 is 0 Å². The molecule has 0 spiro atoms. The average molecular weight is 264 g/mol. The highest BCUT2D eigenvalue weighted by atomic mass is 16.2. The number of likely N-dealkylation sites (N-methyl/N-ethyl adjacent to an activating group) is 1. The number of carbonyl (C=O) groups excluding carboxylic acids is 2. The van der Waals surface area contributed by atoms with Gasteiger partial charge >= 0.3 is 6.03 Å². The van der Waals surface area contributed by atoms with Crippen LogP contribution in [0.5, 0.6) is 0 Å². The quantitative estimate of drug-likeness (QED) is 0.706. The molecule has 1 atom stereocenters. The van der Waals surface area contributed by atoms with Crippen molar-refractivity contribution in [2.75, 3.05) is 24.2 Å². The van der Waals surface area contributed by atoms with E-state index in [9.17, 15) is 9.59 Å². The zero-order valence-corrected chi connectivity index (χ0v) is 11.4. The number of imide groups is 1. The molecule has 0 radical (unpaired) electrons. The Morgan fingerprint density at radius 3 is 2.68 bits per heavy atom. The topological polar surface area (TPSA) is 87.5 Å². The van der Waals surface area contributed by atoms with Crippen molar-refractivity contribution in [3.8, 4) is 0 Å². The van der Waals surface area contributed by atoms with Crippen molar-refractivity contribution in [1.82, 2.24) is 10.6 Å². The summed E-state index contributed by atoms with van der Waals surface area (Å²) in [6, 6.07) is 6.25. The molecule has 0 fully saturated rings. The molecule has 19 heavy (non-hydrogen) atoms. The highest BCUT2D eigenvalue weighted by Gasteiger charge is 2.20. The standard InChI is InChI=1S/C13H20N4O2/c1-4-15-13(19)16-12(18)9(2)17(3)11-7-5-6-10(14)8-11/h5-9H,4,14H2,1-3H3,(H2,15,16,18,19). The van der Waals surface area contributed by atoms with Gasteiger partial charge in [0.15, 0.2) is 0 Å². The molecule has 0 aliphatic carbocycles. The zero-order chi connectivity index (χ0) is 14.4. The first-order chi connectivity index (χ1) is 8.95. The Morgan fingerprint density at radius 1 is 1.42 bits per heavy atom. The second-order valence-corrected chi connectivity index (χ2v) is 4.23. The van der Waals surface area contributed by atoms with E-state index in [-0.39, 0.29) is 5.91 Å². The second-order valence-electron chi connectivity index (χ2n) is 4.23. The third kappa shape index (κ3) is 4.17. The predicted octanol–water partition coefficient (Wildman–Crippen LogP) is 0.939. The number of nitrogens with one attached hydrogen (secondary N) is 2. The number of nitrogens with two attached hydrogens (primary N) is 1. The van der Waals surface area contributed by atoms with E-state index in [0.29, 0.717) is 12.2 Å². The number of benzene rings is 1. The Labute approximate surface area is 113 Å². The molecule has 0 aliphatic rings. The fourth-order valence-corrected chi connectivity index (χ4v) is 1.56. The first-order valence-corrected chi connectivity index (χ1v) is 6.12. The highest BCUT2D eigenvalue weighted by Crippen LogP contribution is 2.18. The van der Waals surface area contributed by atoms with Gasteiger partial charge in [-0.1, -0.05) is 6.07 Å². The number of nitrogen functional groups attached to an aromatic ring is 1. The van der Waals surface area contributed by atoms with Crippen molar-refractivity contribution in [3.63, 3.8) is 0 Å². The van der Waals surface area contributed by atoms with E-state index in [1.54, 1.807) is 37.9 Å². The summed E-state index contributed by atoms with van der Waals surface area (Å²) in [5.74, 6) is -0.365. The lowest BCUT2D eigenvalue weighted by Crippen LogP contribution is -2.48. The van der Waals surface area contributed by atoms with Crippen molar-refractivity contribution < 1.29 is 9.59 Å². The Kier molecular flexibility index (Phi) is 5.17. The molecule has 0 aromatic heterocycles. The number of rotatable bonds is 4. The summed E-state index contributed by atoms with van der Waals surface area (Å²) in [5.41, 5.74) is 7.15. The molecule has 1 aromatic carbocycles. The van der Waals surface area contributed by atoms with Gasteiger partial charge < -0.3 is 16.0 Å². The largest absolute Gasteiger partial charge is 0.399 e. The van der Waals surface area contributed by atoms with Crippen LogP contribution in [0, 0.1) is 0 Å². The fraction of sp³-hybridized carbons (Fsp3) is 0.385. The minimum atomic E-state index is -0.486. The molecule has 4 N–H and O–H groups in total. The highest BCUT2D eigenvalue weighted by molar-refractivity contribution is 5.98. The van der Waals surface area contributed by atoms with Crippen LogP contribution in [0.1, 0.15) is 13.8 Å². The SMILES string of the molecule is CCNC(=O)NC(=O)C(C)N(C)c1cccc(N)c1. The molecule has 1 rings (SSSR count). The molecule has 6 nitrogen and oxygen atoms in total. The number of hydrogen-bond donors (Lipinski definition) is 3. The van der Waals surface area contributed by atoms with E-state index in [2.05, 4.69) is 10.6 Å². The molecular weight excluding hydrogens is 244 g/mol. The van der Waals surface area contributed by atoms with Gasteiger partial charge in [-0.05, 0) is 32.0 Å². The molecule has 1 aromatic rings. The van der Waals surface area contributed by atoms with Crippen LogP contribution in [0.25, 0.3) is 0 Å². The Balaban J connectivity index is 2.68. The van der Waals surface area contributed by atoms with Crippen LogP contribution in [0.3, 0.4) is 0 Å². The van der Waals surface area contributed by atoms with Crippen molar-refractivity contribution in [2.45, 2.75) is 19.9 Å². The molecule has 3 amide bonds. The van der Waals surface area contributed by atoms with Gasteiger partial charge in [-0.2, -0.15) is 0 Å². The van der Waals surface area contributed by atoms with E-state index in [1.807, 2.05) is 12.1 Å². The maximum Gasteiger partial charge on any atom is 0.321 e. The van der Waals surface area contributed by atoms with Gasteiger partial charge in [0.2, 0.25) is 5.91 Å². The molecule has 0 bridgehead atoms. The van der Waals surface area contributed by atoms with Gasteiger partial charge in [-0.25, -0.2) is 4.79 Å². The molecule has 0 aliphatic heterocycles. The summed E-state index contributed by atoms with van der Waals surface area (Å²) in [5, 5.41) is 4.79. The number of anilines is 2. The minimum Gasteiger partial charge on any atom is -0.399 e. The number of urea groups is 1. The van der Waals surface area contributed by atoms with Crippen molar-refractivity contribution >= 4 is 23.3 Å². The van der Waals surface area contributed by atoms with Crippen molar-refractivity contribution in [2.24, 2.45) is 0 Å². The van der Waals surface area contributed by atoms with Crippen molar-refractivity contribution in [3.05, 3.63) is 24.3 Å². The lowest BCUT2D eigenvalue weighted by Gasteiger charge is -2.26. The van der Waals surface area contributed by atoms with Crippen LogP contribution in [-0.4, -0.2) is 31.6 Å². The van der Waals surface area contributed by atoms with Gasteiger partial charge in [0.1, 0.15) is 6.04 Å². The van der Waals surface area contributed by atoms with E-state index in [0.717, 1.165) is 5.69 Å². The first kappa shape index (κ1) is 14.8. The molecule has 1 unspecified atom stereocenters. The Morgan fingerprint density at radius 2 is 2.11 bits per heavy atom. The first-order valence-electron chi connectivity index (χ1n) is 6.12. The number of carbonyl (C=O) groups is 2. The third-order valence-corrected chi connectivity index (χ3v) is 2.81. The van der Waals surface area contributed by atoms with Crippen LogP contribution in [-0.2, 0) is 4.79 Å². The van der Waals surface area contributed by atoms with Crippen LogP contribution < -0.4 is 21.3 Å². The number of nitrogens with zero attached hydrogens (tertiary/aromatic N) is 1. The summed E-state index contributed by atoms with van der Waals surface area (Å²) in [6.07, 6.45) is 0. The summed E-state index contributed by atoms with van der Waals surface area (Å²) in [6.45, 7) is 3.97. The molecule has 0 saturated heterocycles. The zero-order valence-electron chi connectivity index (χ0n) is 11.4. The summed E-state index contributed by atoms with van der Waals surface area (Å²) in [7, 11) is 1.77. The summed E-state index contributed by atoms with van der Waals surface area (Å²) < 4.78 is 0. The van der Waals surface area contributed by atoms with Gasteiger partial charge in [0.05, 0.1) is 0 Å². The Hall–Kier alpha value is -2.24. The van der Waals surface area contributed by atoms with E-state index in [1.165, 1.54) is 0 Å². The predicted molar refractivity (Wildman–Crippen MR) is 75.9 cm³/mol. The average Bonchev–Trinajstić information content (AvgIpc) is 2.37. The molecule has 104 valence electrons. The van der Waals surface area contributed by atoms with E-state index < -0.39 is 12.1 Å². The van der Waals surface area contributed by atoms with Gasteiger partial charge in [-0.15, -0.1) is 0 Å². The van der Waals surface area contributed by atoms with Gasteiger partial charge in [0, 0.05) is 25.0 Å². The van der Waals surface area contributed by atoms with Gasteiger partial charge in [-0.3, -0.25) is 10.1 Å². The molecule has 0 saturated carbocycles. The van der Waals surface area contributed by atoms with Crippen LogP contribution in [0.4, 0.5) is 16.2 Å². The minimum absolute atomic E-state index is 0.365. The smallest absolute Gasteiger partial charge is 0.321 e. The maximum atomic E-state index is 11.9. The van der Waals surface area contributed by atoms with E-state index in [4.69, 9.17) is 5.73 Å². The summed E-state index contributed by atoms with van der Waals surface area (Å²) >= 11 is 0. The summed E-state index contributed by atoms with van der Waals surface area (Å²) in [4.78, 5) is 24.9. The van der Waals surface area contributed by atoms with Crippen LogP contribution >= 0.6 is 0 Å². The van der Waals surface area contributed by atoms with Crippen molar-refractivity contribution in [1.29, 1.82) is 0 Å². The third-order valence-electron chi connectivity index (χ3n) is 2.81. The second kappa shape index (κ2) is 6.63. The van der Waals surface area contributed by atoms with Crippen LogP contribution in [0.2, 0.25) is 0 Å². The molecular formula is C13H20N4O2. The number of amides is 3. The maximum absolute atomic E-state index is 11.9. The molecule has 6 heteroatoms. The monoisotopic (exact) mass is 264 g/mol. The lowest BCUT2D eigenvalue weighted by atomic mass is 10.2. The van der Waals surface area contributed by atoms with Gasteiger partial charge in [0.25, 0.3) is 0 Å². The normalized spacial score (nSPS) is 11.5. The van der Waals surface area contributed by atoms with Crippen LogP contribution in [0.15, 0.2) is 24.3 Å². The Bertz CT molecular complexity index is 462. The lowest BCUT2D eigenvalue weighted by molar-refractivity contribution is -0.120.